The summed E-state index contributed by atoms with van der Waals surface area (Å²) in [6.07, 6.45) is 0. The Morgan fingerprint density at radius 1 is 1.43 bits per heavy atom. The number of nitrogens with one attached hydrogen (secondary N) is 1. The highest BCUT2D eigenvalue weighted by Gasteiger charge is 2.29. The number of ether oxygens (including phenoxy) is 1. The van der Waals surface area contributed by atoms with Crippen molar-refractivity contribution < 1.29 is 13.2 Å². The van der Waals surface area contributed by atoms with Gasteiger partial charge >= 0.3 is 0 Å². The Morgan fingerprint density at radius 2 is 2.19 bits per heavy atom. The van der Waals surface area contributed by atoms with Crippen LogP contribution in [0.3, 0.4) is 0 Å². The minimum atomic E-state index is -3.60. The number of hydrogen-bond donors (Lipinski definition) is 1. The van der Waals surface area contributed by atoms with Crippen molar-refractivity contribution in [1.29, 1.82) is 0 Å². The third-order valence-corrected chi connectivity index (χ3v) is 6.09. The molecule has 0 aliphatic rings. The molecule has 0 unspecified atom stereocenters. The molecule has 2 aromatic heterocycles. The fourth-order valence-electron chi connectivity index (χ4n) is 2.10. The summed E-state index contributed by atoms with van der Waals surface area (Å²) >= 11 is 1.54. The second-order valence-corrected chi connectivity index (χ2v) is 7.58. The number of methoxy groups -OCH3 is 1. The molecule has 0 aliphatic carbocycles. The van der Waals surface area contributed by atoms with Gasteiger partial charge in [-0.25, -0.2) is 8.42 Å². The van der Waals surface area contributed by atoms with E-state index < -0.39 is 10.0 Å². The highest BCUT2D eigenvalue weighted by Crippen LogP contribution is 2.24. The number of aryl methyl sites for hydroxylation is 2. The maximum atomic E-state index is 12.9. The number of aromatic amines is 1. The molecule has 0 bridgehead atoms. The van der Waals surface area contributed by atoms with Crippen LogP contribution in [0.15, 0.2) is 22.4 Å². The molecule has 0 saturated heterocycles. The van der Waals surface area contributed by atoms with E-state index in [4.69, 9.17) is 4.74 Å². The van der Waals surface area contributed by atoms with Crippen LogP contribution < -0.4 is 0 Å². The highest BCUT2D eigenvalue weighted by atomic mass is 32.2. The molecule has 0 amide bonds. The summed E-state index contributed by atoms with van der Waals surface area (Å²) in [4.78, 5) is 1.25. The van der Waals surface area contributed by atoms with Gasteiger partial charge in [-0.2, -0.15) is 9.40 Å². The standard InChI is InChI=1S/C13H19N3O3S2/c1-10-13(11(2)15-14-10)21(17,18)16(6-7-19-3)9-12-5-4-8-20-12/h4-5,8H,6-7,9H2,1-3H3,(H,14,15). The molecule has 6 nitrogen and oxygen atoms in total. The second kappa shape index (κ2) is 6.69. The van der Waals surface area contributed by atoms with E-state index in [1.54, 1.807) is 21.0 Å². The second-order valence-electron chi connectivity index (χ2n) is 4.67. The lowest BCUT2D eigenvalue weighted by atomic mass is 10.4. The van der Waals surface area contributed by atoms with Gasteiger partial charge < -0.3 is 4.74 Å². The van der Waals surface area contributed by atoms with Crippen molar-refractivity contribution in [2.45, 2.75) is 25.3 Å². The van der Waals surface area contributed by atoms with Crippen LogP contribution in [-0.4, -0.2) is 43.2 Å². The molecule has 21 heavy (non-hydrogen) atoms. The summed E-state index contributed by atoms with van der Waals surface area (Å²) in [6.45, 7) is 4.40. The summed E-state index contributed by atoms with van der Waals surface area (Å²) in [5, 5.41) is 8.65. The van der Waals surface area contributed by atoms with Crippen molar-refractivity contribution >= 4 is 21.4 Å². The first kappa shape index (κ1) is 16.2. The summed E-state index contributed by atoms with van der Waals surface area (Å²) < 4.78 is 32.2. The normalized spacial score (nSPS) is 12.2. The largest absolute Gasteiger partial charge is 0.383 e. The van der Waals surface area contributed by atoms with Crippen LogP contribution in [0.1, 0.15) is 16.3 Å². The number of aromatic nitrogens is 2. The maximum Gasteiger partial charge on any atom is 0.247 e. The Balaban J connectivity index is 2.34. The van der Waals surface area contributed by atoms with Crippen LogP contribution in [0.4, 0.5) is 0 Å². The van der Waals surface area contributed by atoms with Gasteiger partial charge in [0.15, 0.2) is 0 Å². The Morgan fingerprint density at radius 3 is 2.71 bits per heavy atom. The smallest absolute Gasteiger partial charge is 0.247 e. The van der Waals surface area contributed by atoms with E-state index in [-0.39, 0.29) is 4.90 Å². The van der Waals surface area contributed by atoms with Gasteiger partial charge in [0.25, 0.3) is 0 Å². The number of hydrogen-bond acceptors (Lipinski definition) is 5. The van der Waals surface area contributed by atoms with Crippen LogP contribution >= 0.6 is 11.3 Å². The lowest BCUT2D eigenvalue weighted by molar-refractivity contribution is 0.177. The average molecular weight is 329 g/mol. The minimum Gasteiger partial charge on any atom is -0.383 e. The van der Waals surface area contributed by atoms with Crippen LogP contribution in [0, 0.1) is 13.8 Å². The van der Waals surface area contributed by atoms with Crippen molar-refractivity contribution in [3.05, 3.63) is 33.8 Å². The van der Waals surface area contributed by atoms with Crippen LogP contribution in [0.25, 0.3) is 0 Å². The Kier molecular flexibility index (Phi) is 5.15. The molecule has 0 aliphatic heterocycles. The highest BCUT2D eigenvalue weighted by molar-refractivity contribution is 7.89. The molecule has 2 rings (SSSR count). The van der Waals surface area contributed by atoms with Crippen molar-refractivity contribution in [2.24, 2.45) is 0 Å². The molecule has 0 radical (unpaired) electrons. The molecule has 0 atom stereocenters. The van der Waals surface area contributed by atoms with E-state index in [2.05, 4.69) is 10.2 Å². The van der Waals surface area contributed by atoms with Crippen LogP contribution in [-0.2, 0) is 21.3 Å². The lowest BCUT2D eigenvalue weighted by Gasteiger charge is -2.21. The van der Waals surface area contributed by atoms with Gasteiger partial charge in [-0.15, -0.1) is 11.3 Å². The number of nitrogens with zero attached hydrogens (tertiary/aromatic N) is 2. The van der Waals surface area contributed by atoms with Crippen molar-refractivity contribution in [2.75, 3.05) is 20.3 Å². The van der Waals surface area contributed by atoms with Crippen LogP contribution in [0.5, 0.6) is 0 Å². The van der Waals surface area contributed by atoms with Crippen molar-refractivity contribution in [3.63, 3.8) is 0 Å². The first-order valence-electron chi connectivity index (χ1n) is 6.50. The SMILES string of the molecule is COCCN(Cc1cccs1)S(=O)(=O)c1c(C)n[nH]c1C. The van der Waals surface area contributed by atoms with Crippen molar-refractivity contribution in [1.82, 2.24) is 14.5 Å². The molecule has 2 heterocycles. The minimum absolute atomic E-state index is 0.259. The fraction of sp³-hybridized carbons (Fsp3) is 0.462. The van der Waals surface area contributed by atoms with E-state index >= 15 is 0 Å². The molecular weight excluding hydrogens is 310 g/mol. The third-order valence-electron chi connectivity index (χ3n) is 3.12. The predicted molar refractivity (Wildman–Crippen MR) is 81.9 cm³/mol. The summed E-state index contributed by atoms with van der Waals surface area (Å²) in [6, 6.07) is 3.84. The molecule has 0 spiro atoms. The summed E-state index contributed by atoms with van der Waals surface area (Å²) in [7, 11) is -2.04. The first-order valence-corrected chi connectivity index (χ1v) is 8.82. The predicted octanol–water partition coefficient (Wildman–Crippen LogP) is 1.93. The molecule has 2 aromatic rings. The zero-order valence-electron chi connectivity index (χ0n) is 12.3. The quantitative estimate of drug-likeness (QED) is 0.842. The van der Waals surface area contributed by atoms with Gasteiger partial charge in [0, 0.05) is 25.1 Å². The molecule has 8 heteroatoms. The molecular formula is C13H19N3O3S2. The van der Waals surface area contributed by atoms with Gasteiger partial charge in [0.2, 0.25) is 10.0 Å². The zero-order valence-corrected chi connectivity index (χ0v) is 13.9. The molecule has 0 aromatic carbocycles. The number of rotatable bonds is 7. The van der Waals surface area contributed by atoms with Gasteiger partial charge in [0.1, 0.15) is 4.90 Å². The molecule has 116 valence electrons. The van der Waals surface area contributed by atoms with E-state index in [0.29, 0.717) is 31.1 Å². The summed E-state index contributed by atoms with van der Waals surface area (Å²) in [5.74, 6) is 0. The molecule has 0 fully saturated rings. The van der Waals surface area contributed by atoms with Gasteiger partial charge in [0.05, 0.1) is 18.0 Å². The monoisotopic (exact) mass is 329 g/mol. The van der Waals surface area contributed by atoms with E-state index in [9.17, 15) is 8.42 Å². The van der Waals surface area contributed by atoms with E-state index in [1.165, 1.54) is 15.6 Å². The van der Waals surface area contributed by atoms with E-state index in [1.807, 2.05) is 17.5 Å². The van der Waals surface area contributed by atoms with Crippen LogP contribution in [0.2, 0.25) is 0 Å². The Labute approximate surface area is 128 Å². The number of thiophene rings is 1. The lowest BCUT2D eigenvalue weighted by Crippen LogP contribution is -2.33. The first-order chi connectivity index (χ1) is 9.96. The Hall–Kier alpha value is -1.22. The third kappa shape index (κ3) is 3.52. The summed E-state index contributed by atoms with van der Waals surface area (Å²) in [5.41, 5.74) is 1.04. The van der Waals surface area contributed by atoms with Crippen molar-refractivity contribution in [3.8, 4) is 0 Å². The maximum absolute atomic E-state index is 12.9. The topological polar surface area (TPSA) is 75.3 Å². The molecule has 1 N–H and O–H groups in total. The fourth-order valence-corrected chi connectivity index (χ4v) is 4.64. The van der Waals surface area contributed by atoms with Gasteiger partial charge in [-0.3, -0.25) is 5.10 Å². The van der Waals surface area contributed by atoms with Gasteiger partial charge in [-0.05, 0) is 25.3 Å². The zero-order chi connectivity index (χ0) is 15.5. The Bertz CT molecular complexity index is 658. The van der Waals surface area contributed by atoms with E-state index in [0.717, 1.165) is 4.88 Å². The average Bonchev–Trinajstić information content (AvgIpc) is 3.04. The van der Waals surface area contributed by atoms with Gasteiger partial charge in [-0.1, -0.05) is 6.07 Å². The molecule has 0 saturated carbocycles. The number of H-pyrrole nitrogens is 1. The number of sulfonamides is 1.